The van der Waals surface area contributed by atoms with Gasteiger partial charge in [-0.3, -0.25) is 9.59 Å². The van der Waals surface area contributed by atoms with Gasteiger partial charge in [0, 0.05) is 19.2 Å². The first-order valence-electron chi connectivity index (χ1n) is 7.47. The number of likely N-dealkylation sites (tertiary alicyclic amines) is 1. The first-order chi connectivity index (χ1) is 11.0. The lowest BCUT2D eigenvalue weighted by molar-refractivity contribution is -0.143. The van der Waals surface area contributed by atoms with Crippen molar-refractivity contribution >= 4 is 11.8 Å². The van der Waals surface area contributed by atoms with Crippen LogP contribution in [0, 0.1) is 5.82 Å². The van der Waals surface area contributed by atoms with Crippen molar-refractivity contribution in [3.63, 3.8) is 0 Å². The van der Waals surface area contributed by atoms with Crippen LogP contribution in [0.2, 0.25) is 0 Å². The number of halogens is 1. The topological polar surface area (TPSA) is 78.9 Å². The highest BCUT2D eigenvalue weighted by atomic mass is 19.1. The van der Waals surface area contributed by atoms with Gasteiger partial charge in [0.05, 0.1) is 19.7 Å². The molecule has 1 heterocycles. The summed E-state index contributed by atoms with van der Waals surface area (Å²) in [6.07, 6.45) is 1.41. The van der Waals surface area contributed by atoms with Crippen molar-refractivity contribution in [2.75, 3.05) is 33.4 Å². The lowest BCUT2D eigenvalue weighted by Crippen LogP contribution is -2.55. The molecule has 2 rings (SSSR count). The molecule has 1 fully saturated rings. The summed E-state index contributed by atoms with van der Waals surface area (Å²) < 4.78 is 18.2. The van der Waals surface area contributed by atoms with Crippen molar-refractivity contribution in [2.24, 2.45) is 0 Å². The number of rotatable bonds is 5. The Morgan fingerprint density at radius 2 is 2.09 bits per heavy atom. The Kier molecular flexibility index (Phi) is 5.68. The molecular formula is C16H21FN2O4. The number of hydrogen-bond acceptors (Lipinski definition) is 4. The second-order valence-corrected chi connectivity index (χ2v) is 5.65. The van der Waals surface area contributed by atoms with E-state index in [1.807, 2.05) is 0 Å². The van der Waals surface area contributed by atoms with Crippen LogP contribution in [0.25, 0.3) is 0 Å². The number of nitrogens with one attached hydrogen (secondary N) is 1. The van der Waals surface area contributed by atoms with Crippen molar-refractivity contribution < 1.29 is 23.8 Å². The molecule has 1 aliphatic heterocycles. The minimum Gasteiger partial charge on any atom is -0.393 e. The van der Waals surface area contributed by atoms with E-state index in [2.05, 4.69) is 5.32 Å². The van der Waals surface area contributed by atoms with Gasteiger partial charge >= 0.3 is 0 Å². The number of hydrogen-bond donors (Lipinski definition) is 2. The van der Waals surface area contributed by atoms with E-state index in [9.17, 15) is 19.1 Å². The third-order valence-electron chi connectivity index (χ3n) is 4.12. The standard InChI is InChI=1S/C16H21FN2O4/c1-23-16(11-20)7-2-8-19(10-16)14(21)9-18-15(22)12-3-5-13(17)6-4-12/h3-6,20H,2,7-11H2,1H3,(H,18,22). The molecule has 0 bridgehead atoms. The molecule has 126 valence electrons. The monoisotopic (exact) mass is 324 g/mol. The molecule has 0 aromatic heterocycles. The van der Waals surface area contributed by atoms with E-state index in [4.69, 9.17) is 4.74 Å². The van der Waals surface area contributed by atoms with E-state index in [0.717, 1.165) is 6.42 Å². The number of amides is 2. The zero-order valence-corrected chi connectivity index (χ0v) is 13.0. The van der Waals surface area contributed by atoms with Crippen molar-refractivity contribution in [3.8, 4) is 0 Å². The van der Waals surface area contributed by atoms with Crippen molar-refractivity contribution in [2.45, 2.75) is 18.4 Å². The molecule has 0 aliphatic carbocycles. The fraction of sp³-hybridized carbons (Fsp3) is 0.500. The second kappa shape index (κ2) is 7.52. The van der Waals surface area contributed by atoms with Gasteiger partial charge in [0.25, 0.3) is 5.91 Å². The molecule has 1 atom stereocenters. The molecule has 7 heteroatoms. The molecule has 1 aromatic rings. The third kappa shape index (κ3) is 4.27. The predicted octanol–water partition coefficient (Wildman–Crippen LogP) is 0.555. The van der Waals surface area contributed by atoms with Crippen LogP contribution in [0.4, 0.5) is 4.39 Å². The lowest BCUT2D eigenvalue weighted by Gasteiger charge is -2.40. The van der Waals surface area contributed by atoms with Crippen LogP contribution in [0.1, 0.15) is 23.2 Å². The van der Waals surface area contributed by atoms with Crippen molar-refractivity contribution in [1.29, 1.82) is 0 Å². The van der Waals surface area contributed by atoms with Gasteiger partial charge in [0.1, 0.15) is 11.4 Å². The summed E-state index contributed by atoms with van der Waals surface area (Å²) in [5, 5.41) is 12.0. The van der Waals surface area contributed by atoms with E-state index in [-0.39, 0.29) is 19.1 Å². The van der Waals surface area contributed by atoms with Crippen LogP contribution < -0.4 is 5.32 Å². The number of carbonyl (C=O) groups excluding carboxylic acids is 2. The SMILES string of the molecule is COC1(CO)CCCN(C(=O)CNC(=O)c2ccc(F)cc2)C1. The number of aliphatic hydroxyl groups is 1. The second-order valence-electron chi connectivity index (χ2n) is 5.65. The zero-order valence-electron chi connectivity index (χ0n) is 13.0. The highest BCUT2D eigenvalue weighted by Crippen LogP contribution is 2.24. The Morgan fingerprint density at radius 1 is 1.39 bits per heavy atom. The average Bonchev–Trinajstić information content (AvgIpc) is 2.60. The van der Waals surface area contributed by atoms with Gasteiger partial charge < -0.3 is 20.1 Å². The zero-order chi connectivity index (χ0) is 16.9. The highest BCUT2D eigenvalue weighted by molar-refractivity contribution is 5.96. The van der Waals surface area contributed by atoms with E-state index < -0.39 is 17.3 Å². The van der Waals surface area contributed by atoms with Crippen LogP contribution in [0.5, 0.6) is 0 Å². The number of aliphatic hydroxyl groups excluding tert-OH is 1. The molecule has 2 N–H and O–H groups in total. The Morgan fingerprint density at radius 3 is 2.70 bits per heavy atom. The highest BCUT2D eigenvalue weighted by Gasteiger charge is 2.36. The number of ether oxygens (including phenoxy) is 1. The average molecular weight is 324 g/mol. The summed E-state index contributed by atoms with van der Waals surface area (Å²) >= 11 is 0. The van der Waals surface area contributed by atoms with Crippen LogP contribution in [0.3, 0.4) is 0 Å². The van der Waals surface area contributed by atoms with Crippen LogP contribution in [0.15, 0.2) is 24.3 Å². The third-order valence-corrected chi connectivity index (χ3v) is 4.12. The van der Waals surface area contributed by atoms with Gasteiger partial charge in [-0.1, -0.05) is 0 Å². The van der Waals surface area contributed by atoms with Gasteiger partial charge in [-0.05, 0) is 37.1 Å². The molecule has 6 nitrogen and oxygen atoms in total. The van der Waals surface area contributed by atoms with Gasteiger partial charge in [0.15, 0.2) is 0 Å². The molecule has 0 spiro atoms. The molecule has 0 saturated carbocycles. The maximum atomic E-state index is 12.8. The summed E-state index contributed by atoms with van der Waals surface area (Å²) in [6.45, 7) is 0.554. The Balaban J connectivity index is 1.89. The summed E-state index contributed by atoms with van der Waals surface area (Å²) in [7, 11) is 1.51. The fourth-order valence-electron chi connectivity index (χ4n) is 2.64. The van der Waals surface area contributed by atoms with E-state index in [1.165, 1.54) is 31.4 Å². The van der Waals surface area contributed by atoms with Crippen LogP contribution >= 0.6 is 0 Å². The summed E-state index contributed by atoms with van der Waals surface area (Å²) in [5.74, 6) is -1.10. The summed E-state index contributed by atoms with van der Waals surface area (Å²) in [4.78, 5) is 25.7. The number of nitrogens with zero attached hydrogens (tertiary/aromatic N) is 1. The summed E-state index contributed by atoms with van der Waals surface area (Å²) in [6, 6.07) is 5.10. The maximum absolute atomic E-state index is 12.8. The predicted molar refractivity (Wildman–Crippen MR) is 81.4 cm³/mol. The van der Waals surface area contributed by atoms with Gasteiger partial charge in [0.2, 0.25) is 5.91 Å². The lowest BCUT2D eigenvalue weighted by atomic mass is 9.93. The Hall–Kier alpha value is -1.99. The van der Waals surface area contributed by atoms with Crippen molar-refractivity contribution in [1.82, 2.24) is 10.2 Å². The Bertz CT molecular complexity index is 558. The van der Waals surface area contributed by atoms with E-state index in [0.29, 0.717) is 25.1 Å². The molecule has 23 heavy (non-hydrogen) atoms. The minimum absolute atomic E-state index is 0.151. The van der Waals surface area contributed by atoms with Gasteiger partial charge in [-0.15, -0.1) is 0 Å². The molecule has 0 radical (unpaired) electrons. The fourth-order valence-corrected chi connectivity index (χ4v) is 2.64. The number of methoxy groups -OCH3 is 1. The number of benzene rings is 1. The molecule has 1 saturated heterocycles. The van der Waals surface area contributed by atoms with Gasteiger partial charge in [-0.25, -0.2) is 4.39 Å². The van der Waals surface area contributed by atoms with Crippen molar-refractivity contribution in [3.05, 3.63) is 35.6 Å². The minimum atomic E-state index is -0.727. The summed E-state index contributed by atoms with van der Waals surface area (Å²) in [5.41, 5.74) is -0.436. The molecule has 1 aliphatic rings. The van der Waals surface area contributed by atoms with Gasteiger partial charge in [-0.2, -0.15) is 0 Å². The smallest absolute Gasteiger partial charge is 0.251 e. The molecule has 1 aromatic carbocycles. The Labute approximate surface area is 134 Å². The largest absolute Gasteiger partial charge is 0.393 e. The number of piperidine rings is 1. The van der Waals surface area contributed by atoms with E-state index in [1.54, 1.807) is 4.90 Å². The van der Waals surface area contributed by atoms with Crippen LogP contribution in [-0.2, 0) is 9.53 Å². The normalized spacial score (nSPS) is 21.1. The molecule has 2 amide bonds. The quantitative estimate of drug-likeness (QED) is 0.829. The maximum Gasteiger partial charge on any atom is 0.251 e. The first-order valence-corrected chi connectivity index (χ1v) is 7.47. The molecular weight excluding hydrogens is 303 g/mol. The molecule has 1 unspecified atom stereocenters. The van der Waals surface area contributed by atoms with Crippen LogP contribution in [-0.4, -0.2) is 60.8 Å². The number of carbonyl (C=O) groups is 2. The first kappa shape index (κ1) is 17.4. The van der Waals surface area contributed by atoms with E-state index >= 15 is 0 Å².